The van der Waals surface area contributed by atoms with Gasteiger partial charge in [-0.15, -0.1) is 0 Å². The van der Waals surface area contributed by atoms with Crippen molar-refractivity contribution in [1.29, 1.82) is 5.26 Å². The maximum absolute atomic E-state index is 12.5. The SMILES string of the molecule is COc1ccc(Cl)cc1N1C[C@@H](C(=O)Nc2ccc(C#N)cc2)CC1=O. The van der Waals surface area contributed by atoms with Gasteiger partial charge in [0, 0.05) is 23.7 Å². The zero-order chi connectivity index (χ0) is 18.7. The van der Waals surface area contributed by atoms with E-state index >= 15 is 0 Å². The van der Waals surface area contributed by atoms with Crippen LogP contribution in [-0.2, 0) is 9.59 Å². The molecule has 132 valence electrons. The molecule has 1 heterocycles. The Hall–Kier alpha value is -3.04. The van der Waals surface area contributed by atoms with E-state index in [9.17, 15) is 9.59 Å². The van der Waals surface area contributed by atoms with Crippen LogP contribution < -0.4 is 15.0 Å². The van der Waals surface area contributed by atoms with Crippen LogP contribution in [0.25, 0.3) is 0 Å². The molecular weight excluding hydrogens is 354 g/mol. The van der Waals surface area contributed by atoms with E-state index in [0.29, 0.717) is 27.7 Å². The predicted molar refractivity (Wildman–Crippen MR) is 98.3 cm³/mol. The predicted octanol–water partition coefficient (Wildman–Crippen LogP) is 3.21. The minimum atomic E-state index is -0.484. The number of nitriles is 1. The van der Waals surface area contributed by atoms with Crippen molar-refractivity contribution in [3.63, 3.8) is 0 Å². The minimum absolute atomic E-state index is 0.109. The summed E-state index contributed by atoms with van der Waals surface area (Å²) in [6.07, 6.45) is 0.109. The van der Waals surface area contributed by atoms with Gasteiger partial charge in [0.2, 0.25) is 11.8 Å². The fourth-order valence-corrected chi connectivity index (χ4v) is 3.03. The molecule has 3 rings (SSSR count). The molecule has 1 saturated heterocycles. The molecule has 0 unspecified atom stereocenters. The van der Waals surface area contributed by atoms with Crippen LogP contribution in [0.1, 0.15) is 12.0 Å². The third-order valence-corrected chi connectivity index (χ3v) is 4.44. The number of ether oxygens (including phenoxy) is 1. The number of methoxy groups -OCH3 is 1. The molecule has 0 spiro atoms. The van der Waals surface area contributed by atoms with Gasteiger partial charge in [-0.3, -0.25) is 9.59 Å². The fraction of sp³-hybridized carbons (Fsp3) is 0.211. The number of amides is 2. The molecule has 0 aromatic heterocycles. The summed E-state index contributed by atoms with van der Waals surface area (Å²) in [7, 11) is 1.52. The number of hydrogen-bond acceptors (Lipinski definition) is 4. The van der Waals surface area contributed by atoms with Crippen LogP contribution in [0, 0.1) is 17.2 Å². The molecule has 2 aromatic rings. The average Bonchev–Trinajstić information content (AvgIpc) is 3.04. The second-order valence-corrected chi connectivity index (χ2v) is 6.34. The molecule has 1 aliphatic rings. The highest BCUT2D eigenvalue weighted by molar-refractivity contribution is 6.31. The Labute approximate surface area is 155 Å². The first-order valence-electron chi connectivity index (χ1n) is 7.96. The van der Waals surface area contributed by atoms with E-state index in [-0.39, 0.29) is 24.8 Å². The zero-order valence-electron chi connectivity index (χ0n) is 14.0. The van der Waals surface area contributed by atoms with Crippen molar-refractivity contribution in [2.75, 3.05) is 23.9 Å². The number of halogens is 1. The van der Waals surface area contributed by atoms with Crippen molar-refractivity contribution >= 4 is 34.8 Å². The first kappa shape index (κ1) is 17.8. The molecular formula is C19H16ClN3O3. The van der Waals surface area contributed by atoms with E-state index in [1.54, 1.807) is 42.5 Å². The van der Waals surface area contributed by atoms with E-state index in [1.165, 1.54) is 12.0 Å². The lowest BCUT2D eigenvalue weighted by Crippen LogP contribution is -2.28. The molecule has 0 aliphatic carbocycles. The van der Waals surface area contributed by atoms with Crippen molar-refractivity contribution in [2.45, 2.75) is 6.42 Å². The van der Waals surface area contributed by atoms with Crippen LogP contribution in [0.5, 0.6) is 5.75 Å². The summed E-state index contributed by atoms with van der Waals surface area (Å²) < 4.78 is 5.29. The van der Waals surface area contributed by atoms with Crippen molar-refractivity contribution in [3.8, 4) is 11.8 Å². The number of rotatable bonds is 4. The molecule has 0 bridgehead atoms. The van der Waals surface area contributed by atoms with Gasteiger partial charge in [0.1, 0.15) is 5.75 Å². The Morgan fingerprint density at radius 2 is 2.04 bits per heavy atom. The first-order chi connectivity index (χ1) is 12.5. The quantitative estimate of drug-likeness (QED) is 0.897. The molecule has 1 N–H and O–H groups in total. The highest BCUT2D eigenvalue weighted by Gasteiger charge is 2.36. The third kappa shape index (κ3) is 3.63. The highest BCUT2D eigenvalue weighted by Crippen LogP contribution is 2.35. The van der Waals surface area contributed by atoms with Crippen LogP contribution in [0.2, 0.25) is 5.02 Å². The van der Waals surface area contributed by atoms with Gasteiger partial charge in [0.25, 0.3) is 0 Å². The molecule has 6 nitrogen and oxygen atoms in total. The standard InChI is InChI=1S/C19H16ClN3O3/c1-26-17-7-4-14(20)9-16(17)23-11-13(8-18(23)24)19(25)22-15-5-2-12(10-21)3-6-15/h2-7,9,13H,8,11H2,1H3,(H,22,25)/t13-/m0/s1. The van der Waals surface area contributed by atoms with E-state index in [1.807, 2.05) is 6.07 Å². The second kappa shape index (κ2) is 7.46. The Morgan fingerprint density at radius 3 is 2.69 bits per heavy atom. The smallest absolute Gasteiger partial charge is 0.229 e. The molecule has 2 amide bonds. The largest absolute Gasteiger partial charge is 0.495 e. The second-order valence-electron chi connectivity index (χ2n) is 5.90. The van der Waals surface area contributed by atoms with E-state index < -0.39 is 5.92 Å². The third-order valence-electron chi connectivity index (χ3n) is 4.21. The summed E-state index contributed by atoms with van der Waals surface area (Å²) in [6.45, 7) is 0.248. The van der Waals surface area contributed by atoms with Crippen molar-refractivity contribution < 1.29 is 14.3 Å². The van der Waals surface area contributed by atoms with Gasteiger partial charge in [-0.05, 0) is 42.5 Å². The van der Waals surface area contributed by atoms with Crippen LogP contribution in [-0.4, -0.2) is 25.5 Å². The summed E-state index contributed by atoms with van der Waals surface area (Å²) >= 11 is 6.04. The first-order valence-corrected chi connectivity index (χ1v) is 8.34. The van der Waals surface area contributed by atoms with Gasteiger partial charge in [0.05, 0.1) is 30.3 Å². The number of hydrogen-bond donors (Lipinski definition) is 1. The van der Waals surface area contributed by atoms with Crippen LogP contribution >= 0.6 is 11.6 Å². The number of nitrogens with one attached hydrogen (secondary N) is 1. The van der Waals surface area contributed by atoms with Crippen LogP contribution in [0.3, 0.4) is 0 Å². The minimum Gasteiger partial charge on any atom is -0.495 e. The van der Waals surface area contributed by atoms with Gasteiger partial charge >= 0.3 is 0 Å². The van der Waals surface area contributed by atoms with Gasteiger partial charge in [-0.2, -0.15) is 5.26 Å². The summed E-state index contributed by atoms with van der Waals surface area (Å²) in [5, 5.41) is 12.1. The van der Waals surface area contributed by atoms with Gasteiger partial charge < -0.3 is 15.0 Å². The molecule has 2 aromatic carbocycles. The fourth-order valence-electron chi connectivity index (χ4n) is 2.86. The Morgan fingerprint density at radius 1 is 1.31 bits per heavy atom. The van der Waals surface area contributed by atoms with Crippen LogP contribution in [0.4, 0.5) is 11.4 Å². The maximum atomic E-state index is 12.5. The molecule has 0 radical (unpaired) electrons. The number of carbonyl (C=O) groups is 2. The summed E-state index contributed by atoms with van der Waals surface area (Å²) in [5.41, 5.74) is 1.65. The zero-order valence-corrected chi connectivity index (χ0v) is 14.8. The molecule has 1 atom stereocenters. The van der Waals surface area contributed by atoms with E-state index in [0.717, 1.165) is 0 Å². The molecule has 1 fully saturated rings. The Balaban J connectivity index is 1.74. The number of carbonyl (C=O) groups excluding carboxylic acids is 2. The average molecular weight is 370 g/mol. The van der Waals surface area contributed by atoms with E-state index in [2.05, 4.69) is 5.32 Å². The van der Waals surface area contributed by atoms with Crippen molar-refractivity contribution in [3.05, 3.63) is 53.1 Å². The normalized spacial score (nSPS) is 16.3. The van der Waals surface area contributed by atoms with Gasteiger partial charge in [-0.1, -0.05) is 11.6 Å². The maximum Gasteiger partial charge on any atom is 0.229 e. The molecule has 0 saturated carbocycles. The lowest BCUT2D eigenvalue weighted by molar-refractivity contribution is -0.122. The lowest BCUT2D eigenvalue weighted by atomic mass is 10.1. The monoisotopic (exact) mass is 369 g/mol. The summed E-state index contributed by atoms with van der Waals surface area (Å²) in [5.74, 6) is -0.366. The summed E-state index contributed by atoms with van der Waals surface area (Å²) in [4.78, 5) is 26.4. The Bertz CT molecular complexity index is 890. The number of benzene rings is 2. The highest BCUT2D eigenvalue weighted by atomic mass is 35.5. The topological polar surface area (TPSA) is 82.4 Å². The van der Waals surface area contributed by atoms with Gasteiger partial charge in [0.15, 0.2) is 0 Å². The van der Waals surface area contributed by atoms with Crippen LogP contribution in [0.15, 0.2) is 42.5 Å². The number of nitrogens with zero attached hydrogens (tertiary/aromatic N) is 2. The van der Waals surface area contributed by atoms with Gasteiger partial charge in [-0.25, -0.2) is 0 Å². The number of anilines is 2. The molecule has 7 heteroatoms. The molecule has 1 aliphatic heterocycles. The van der Waals surface area contributed by atoms with Crippen molar-refractivity contribution in [1.82, 2.24) is 0 Å². The summed E-state index contributed by atoms with van der Waals surface area (Å²) in [6, 6.07) is 13.6. The Kier molecular flexibility index (Phi) is 5.10. The molecule has 26 heavy (non-hydrogen) atoms. The van der Waals surface area contributed by atoms with E-state index in [4.69, 9.17) is 21.6 Å². The van der Waals surface area contributed by atoms with Crippen molar-refractivity contribution in [2.24, 2.45) is 5.92 Å². The lowest BCUT2D eigenvalue weighted by Gasteiger charge is -2.19.